The number of aromatic nitrogens is 1. The number of amides is 1. The van der Waals surface area contributed by atoms with E-state index in [4.69, 9.17) is 0 Å². The molecule has 1 heterocycles. The van der Waals surface area contributed by atoms with E-state index in [0.717, 1.165) is 16.3 Å². The Labute approximate surface area is 142 Å². The van der Waals surface area contributed by atoms with Gasteiger partial charge in [-0.05, 0) is 34.7 Å². The molecule has 0 aliphatic carbocycles. The zero-order valence-electron chi connectivity index (χ0n) is 14.5. The lowest BCUT2D eigenvalue weighted by Gasteiger charge is -2.23. The summed E-state index contributed by atoms with van der Waals surface area (Å²) in [7, 11) is 1.94. The van der Waals surface area contributed by atoms with Gasteiger partial charge in [-0.2, -0.15) is 0 Å². The van der Waals surface area contributed by atoms with Gasteiger partial charge in [-0.3, -0.25) is 9.69 Å². The lowest BCUT2D eigenvalue weighted by molar-refractivity contribution is -0.123. The zero-order valence-corrected chi connectivity index (χ0v) is 15.3. The van der Waals surface area contributed by atoms with E-state index in [1.165, 1.54) is 5.56 Å². The van der Waals surface area contributed by atoms with Crippen molar-refractivity contribution in [3.8, 4) is 10.6 Å². The van der Waals surface area contributed by atoms with Crippen LogP contribution in [-0.4, -0.2) is 34.9 Å². The van der Waals surface area contributed by atoms with Crippen LogP contribution in [0.2, 0.25) is 0 Å². The maximum absolute atomic E-state index is 11.9. The summed E-state index contributed by atoms with van der Waals surface area (Å²) < 4.78 is 0. The van der Waals surface area contributed by atoms with Crippen molar-refractivity contribution >= 4 is 17.2 Å². The fourth-order valence-corrected chi connectivity index (χ4v) is 3.06. The summed E-state index contributed by atoms with van der Waals surface area (Å²) in [4.78, 5) is 18.6. The van der Waals surface area contributed by atoms with Crippen LogP contribution in [0.4, 0.5) is 0 Å². The second-order valence-corrected chi connectivity index (χ2v) is 7.84. The van der Waals surface area contributed by atoms with Crippen molar-refractivity contribution in [1.82, 2.24) is 15.2 Å². The molecule has 0 saturated carbocycles. The first-order chi connectivity index (χ1) is 10.7. The first-order valence-electron chi connectivity index (χ1n) is 7.74. The Hall–Kier alpha value is -1.72. The van der Waals surface area contributed by atoms with Gasteiger partial charge in [0.2, 0.25) is 5.91 Å². The number of benzene rings is 1. The van der Waals surface area contributed by atoms with Crippen molar-refractivity contribution in [1.29, 1.82) is 0 Å². The Kier molecular flexibility index (Phi) is 5.55. The van der Waals surface area contributed by atoms with Crippen molar-refractivity contribution < 1.29 is 4.79 Å². The monoisotopic (exact) mass is 331 g/mol. The third-order valence-electron chi connectivity index (χ3n) is 3.21. The van der Waals surface area contributed by atoms with E-state index in [0.29, 0.717) is 13.1 Å². The number of likely N-dealkylation sites (N-methyl/N-ethyl adjacent to an activating group) is 1. The molecule has 0 aliphatic heterocycles. The number of nitrogens with zero attached hydrogens (tertiary/aromatic N) is 2. The highest BCUT2D eigenvalue weighted by Gasteiger charge is 2.15. The van der Waals surface area contributed by atoms with Crippen LogP contribution >= 0.6 is 11.3 Å². The maximum Gasteiger partial charge on any atom is 0.234 e. The molecule has 1 N–H and O–H groups in total. The van der Waals surface area contributed by atoms with E-state index in [-0.39, 0.29) is 11.4 Å². The predicted octanol–water partition coefficient (Wildman–Crippen LogP) is 3.47. The number of hydrogen-bond donors (Lipinski definition) is 1. The van der Waals surface area contributed by atoms with Gasteiger partial charge in [0.25, 0.3) is 0 Å². The predicted molar refractivity (Wildman–Crippen MR) is 96.5 cm³/mol. The van der Waals surface area contributed by atoms with E-state index in [2.05, 4.69) is 46.9 Å². The summed E-state index contributed by atoms with van der Waals surface area (Å²) in [5, 5.41) is 6.06. The molecule has 4 nitrogen and oxygen atoms in total. The smallest absolute Gasteiger partial charge is 0.234 e. The maximum atomic E-state index is 11.9. The lowest BCUT2D eigenvalue weighted by Crippen LogP contribution is -2.45. The highest BCUT2D eigenvalue weighted by Crippen LogP contribution is 2.24. The van der Waals surface area contributed by atoms with Crippen LogP contribution in [0.1, 0.15) is 32.0 Å². The third kappa shape index (κ3) is 5.77. The van der Waals surface area contributed by atoms with Gasteiger partial charge in [0.05, 0.1) is 12.2 Å². The highest BCUT2D eigenvalue weighted by molar-refractivity contribution is 7.13. The number of thiazole rings is 1. The van der Waals surface area contributed by atoms with Gasteiger partial charge < -0.3 is 5.32 Å². The zero-order chi connectivity index (χ0) is 17.0. The molecule has 0 saturated heterocycles. The molecule has 1 amide bonds. The SMILES string of the molecule is Cc1ccc(-c2nc(CN(C)CC(=O)NC(C)(C)C)cs2)cc1. The Morgan fingerprint density at radius 3 is 2.52 bits per heavy atom. The molecular formula is C18H25N3OS. The van der Waals surface area contributed by atoms with Gasteiger partial charge in [0, 0.05) is 23.0 Å². The molecule has 0 unspecified atom stereocenters. The van der Waals surface area contributed by atoms with E-state index >= 15 is 0 Å². The van der Waals surface area contributed by atoms with E-state index in [9.17, 15) is 4.79 Å². The molecule has 2 aromatic rings. The van der Waals surface area contributed by atoms with Crippen molar-refractivity contribution in [2.45, 2.75) is 39.8 Å². The van der Waals surface area contributed by atoms with Crippen LogP contribution in [-0.2, 0) is 11.3 Å². The fourth-order valence-electron chi connectivity index (χ4n) is 2.24. The van der Waals surface area contributed by atoms with Crippen LogP contribution in [0.5, 0.6) is 0 Å². The summed E-state index contributed by atoms with van der Waals surface area (Å²) in [6, 6.07) is 8.38. The molecule has 5 heteroatoms. The normalized spacial score (nSPS) is 11.7. The molecule has 23 heavy (non-hydrogen) atoms. The Morgan fingerprint density at radius 2 is 1.91 bits per heavy atom. The molecule has 2 rings (SSSR count). The summed E-state index contributed by atoms with van der Waals surface area (Å²) in [5.74, 6) is 0.0361. The molecule has 0 radical (unpaired) electrons. The van der Waals surface area contributed by atoms with Gasteiger partial charge in [-0.15, -0.1) is 11.3 Å². The number of hydrogen-bond acceptors (Lipinski definition) is 4. The van der Waals surface area contributed by atoms with Crippen LogP contribution in [0, 0.1) is 6.92 Å². The summed E-state index contributed by atoms with van der Waals surface area (Å²) in [6.45, 7) is 9.07. The van der Waals surface area contributed by atoms with Crippen molar-refractivity contribution in [3.63, 3.8) is 0 Å². The van der Waals surface area contributed by atoms with E-state index in [1.807, 2.05) is 32.7 Å². The third-order valence-corrected chi connectivity index (χ3v) is 4.15. The van der Waals surface area contributed by atoms with Gasteiger partial charge in [0.15, 0.2) is 0 Å². The lowest BCUT2D eigenvalue weighted by atomic mass is 10.1. The Balaban J connectivity index is 1.93. The average molecular weight is 331 g/mol. The molecule has 124 valence electrons. The number of carbonyl (C=O) groups is 1. The van der Waals surface area contributed by atoms with E-state index < -0.39 is 0 Å². The van der Waals surface area contributed by atoms with Crippen LogP contribution in [0.15, 0.2) is 29.6 Å². The van der Waals surface area contributed by atoms with Crippen molar-refractivity contribution in [3.05, 3.63) is 40.9 Å². The quantitative estimate of drug-likeness (QED) is 0.912. The van der Waals surface area contributed by atoms with Crippen LogP contribution in [0.25, 0.3) is 10.6 Å². The molecular weight excluding hydrogens is 306 g/mol. The molecule has 0 fully saturated rings. The molecule has 0 bridgehead atoms. The minimum absolute atomic E-state index is 0.0361. The Morgan fingerprint density at radius 1 is 1.26 bits per heavy atom. The number of carbonyl (C=O) groups excluding carboxylic acids is 1. The molecule has 0 spiro atoms. The van der Waals surface area contributed by atoms with E-state index in [1.54, 1.807) is 11.3 Å². The Bertz CT molecular complexity index is 656. The standard InChI is InChI=1S/C18H25N3OS/c1-13-6-8-14(9-7-13)17-19-15(12-23-17)10-21(5)11-16(22)20-18(2,3)4/h6-9,12H,10-11H2,1-5H3,(H,20,22). The van der Waals surface area contributed by atoms with Crippen LogP contribution < -0.4 is 5.32 Å². The van der Waals surface area contributed by atoms with Crippen LogP contribution in [0.3, 0.4) is 0 Å². The van der Waals surface area contributed by atoms with Crippen molar-refractivity contribution in [2.24, 2.45) is 0 Å². The number of rotatable bonds is 5. The second kappa shape index (κ2) is 7.23. The summed E-state index contributed by atoms with van der Waals surface area (Å²) >= 11 is 1.64. The summed E-state index contributed by atoms with van der Waals surface area (Å²) in [6.07, 6.45) is 0. The first-order valence-corrected chi connectivity index (χ1v) is 8.62. The first kappa shape index (κ1) is 17.6. The summed E-state index contributed by atoms with van der Waals surface area (Å²) in [5.41, 5.74) is 3.18. The number of nitrogens with one attached hydrogen (secondary N) is 1. The number of aryl methyl sites for hydroxylation is 1. The minimum atomic E-state index is -0.197. The highest BCUT2D eigenvalue weighted by atomic mass is 32.1. The van der Waals surface area contributed by atoms with Gasteiger partial charge >= 0.3 is 0 Å². The van der Waals surface area contributed by atoms with Gasteiger partial charge in [0.1, 0.15) is 5.01 Å². The average Bonchev–Trinajstić information content (AvgIpc) is 2.85. The fraction of sp³-hybridized carbons (Fsp3) is 0.444. The topological polar surface area (TPSA) is 45.2 Å². The minimum Gasteiger partial charge on any atom is -0.350 e. The second-order valence-electron chi connectivity index (χ2n) is 6.98. The molecule has 1 aromatic heterocycles. The van der Waals surface area contributed by atoms with Gasteiger partial charge in [-0.1, -0.05) is 29.8 Å². The molecule has 0 aliphatic rings. The van der Waals surface area contributed by atoms with Gasteiger partial charge in [-0.25, -0.2) is 4.98 Å². The van der Waals surface area contributed by atoms with Crippen molar-refractivity contribution in [2.75, 3.05) is 13.6 Å². The largest absolute Gasteiger partial charge is 0.350 e. The molecule has 1 aromatic carbocycles. The molecule has 0 atom stereocenters.